The lowest BCUT2D eigenvalue weighted by Crippen LogP contribution is -2.05. The second-order valence-electron chi connectivity index (χ2n) is 4.46. The minimum absolute atomic E-state index is 0.105. The van der Waals surface area contributed by atoms with Gasteiger partial charge in [-0.2, -0.15) is 0 Å². The third-order valence-electron chi connectivity index (χ3n) is 3.18. The minimum atomic E-state index is 0.105. The fraction of sp³-hybridized carbons (Fsp3) is 0.417. The Morgan fingerprint density at radius 2 is 2.38 bits per heavy atom. The zero-order valence-corrected chi connectivity index (χ0v) is 9.23. The van der Waals surface area contributed by atoms with Gasteiger partial charge in [-0.3, -0.25) is 0 Å². The van der Waals surface area contributed by atoms with Gasteiger partial charge in [0.25, 0.3) is 0 Å². The summed E-state index contributed by atoms with van der Waals surface area (Å²) in [7, 11) is 0. The van der Waals surface area contributed by atoms with E-state index in [0.717, 1.165) is 35.6 Å². The number of fused-ring (bicyclic) bond motifs is 1. The Bertz CT molecular complexity index is 520. The van der Waals surface area contributed by atoms with Crippen molar-refractivity contribution in [2.75, 3.05) is 12.3 Å². The van der Waals surface area contributed by atoms with Crippen molar-refractivity contribution >= 4 is 16.7 Å². The number of aromatic nitrogens is 2. The second kappa shape index (κ2) is 3.49. The standard InChI is InChI=1S/C12H15N3O/c1-7-4-5-16-11(7)12-14-9-3-2-8(13)6-10(9)15-12/h2-3,6-7,11H,4-5,13H2,1H3,(H,14,15). The maximum Gasteiger partial charge on any atom is 0.136 e. The Balaban J connectivity index is 2.04. The Hall–Kier alpha value is -1.55. The lowest BCUT2D eigenvalue weighted by atomic mass is 10.0. The summed E-state index contributed by atoms with van der Waals surface area (Å²) in [5, 5.41) is 0. The molecule has 3 N–H and O–H groups in total. The molecule has 84 valence electrons. The van der Waals surface area contributed by atoms with E-state index in [9.17, 15) is 0 Å². The molecule has 16 heavy (non-hydrogen) atoms. The molecule has 3 rings (SSSR count). The Morgan fingerprint density at radius 1 is 1.50 bits per heavy atom. The zero-order chi connectivity index (χ0) is 11.1. The molecule has 1 aliphatic rings. The van der Waals surface area contributed by atoms with Crippen LogP contribution in [-0.4, -0.2) is 16.6 Å². The van der Waals surface area contributed by atoms with Crippen LogP contribution in [0.25, 0.3) is 11.0 Å². The van der Waals surface area contributed by atoms with Crippen LogP contribution in [0.2, 0.25) is 0 Å². The maximum atomic E-state index is 5.73. The number of nitrogens with two attached hydrogens (primary N) is 1. The number of nitrogen functional groups attached to an aromatic ring is 1. The van der Waals surface area contributed by atoms with E-state index in [4.69, 9.17) is 10.5 Å². The lowest BCUT2D eigenvalue weighted by Gasteiger charge is -2.10. The first-order valence-corrected chi connectivity index (χ1v) is 5.61. The van der Waals surface area contributed by atoms with Gasteiger partial charge < -0.3 is 15.5 Å². The number of hydrogen-bond acceptors (Lipinski definition) is 3. The normalized spacial score (nSPS) is 25.3. The Kier molecular flexibility index (Phi) is 2.11. The topological polar surface area (TPSA) is 63.9 Å². The van der Waals surface area contributed by atoms with E-state index in [1.165, 1.54) is 0 Å². The number of rotatable bonds is 1. The first-order chi connectivity index (χ1) is 7.74. The fourth-order valence-electron chi connectivity index (χ4n) is 2.23. The van der Waals surface area contributed by atoms with Crippen LogP contribution in [0.4, 0.5) is 5.69 Å². The van der Waals surface area contributed by atoms with Crippen LogP contribution in [0.15, 0.2) is 18.2 Å². The highest BCUT2D eigenvalue weighted by Gasteiger charge is 2.28. The van der Waals surface area contributed by atoms with Crippen molar-refractivity contribution in [2.24, 2.45) is 5.92 Å². The van der Waals surface area contributed by atoms with Crippen molar-refractivity contribution in [2.45, 2.75) is 19.4 Å². The molecule has 0 radical (unpaired) electrons. The molecule has 0 spiro atoms. The van der Waals surface area contributed by atoms with Gasteiger partial charge in [-0.25, -0.2) is 4.98 Å². The molecular formula is C12H15N3O. The molecule has 0 aliphatic carbocycles. The minimum Gasteiger partial charge on any atom is -0.399 e. The number of imidazole rings is 1. The molecule has 2 heterocycles. The van der Waals surface area contributed by atoms with Gasteiger partial charge in [-0.05, 0) is 30.5 Å². The number of ether oxygens (including phenoxy) is 1. The largest absolute Gasteiger partial charge is 0.399 e. The zero-order valence-electron chi connectivity index (χ0n) is 9.23. The van der Waals surface area contributed by atoms with Gasteiger partial charge in [-0.15, -0.1) is 0 Å². The van der Waals surface area contributed by atoms with Crippen LogP contribution in [0.5, 0.6) is 0 Å². The Morgan fingerprint density at radius 3 is 3.12 bits per heavy atom. The van der Waals surface area contributed by atoms with E-state index in [1.54, 1.807) is 0 Å². The number of nitrogens with zero attached hydrogens (tertiary/aromatic N) is 1. The van der Waals surface area contributed by atoms with Crippen LogP contribution in [0.1, 0.15) is 25.3 Å². The molecular weight excluding hydrogens is 202 g/mol. The molecule has 0 bridgehead atoms. The van der Waals surface area contributed by atoms with Crippen LogP contribution < -0.4 is 5.73 Å². The third-order valence-corrected chi connectivity index (χ3v) is 3.18. The summed E-state index contributed by atoms with van der Waals surface area (Å²) in [6, 6.07) is 5.71. The summed E-state index contributed by atoms with van der Waals surface area (Å²) in [4.78, 5) is 7.84. The van der Waals surface area contributed by atoms with Crippen LogP contribution >= 0.6 is 0 Å². The molecule has 4 nitrogen and oxygen atoms in total. The van der Waals surface area contributed by atoms with E-state index in [1.807, 2.05) is 18.2 Å². The third kappa shape index (κ3) is 1.46. The summed E-state index contributed by atoms with van der Waals surface area (Å²) in [6.45, 7) is 3.02. The van der Waals surface area contributed by atoms with E-state index < -0.39 is 0 Å². The van der Waals surface area contributed by atoms with Crippen LogP contribution in [0.3, 0.4) is 0 Å². The number of H-pyrrole nitrogens is 1. The van der Waals surface area contributed by atoms with Gasteiger partial charge in [0.05, 0.1) is 11.0 Å². The van der Waals surface area contributed by atoms with Gasteiger partial charge in [0.15, 0.2) is 0 Å². The van der Waals surface area contributed by atoms with Gasteiger partial charge in [0, 0.05) is 12.3 Å². The summed E-state index contributed by atoms with van der Waals surface area (Å²) in [5.41, 5.74) is 8.42. The lowest BCUT2D eigenvalue weighted by molar-refractivity contribution is 0.0883. The molecule has 1 aromatic carbocycles. The van der Waals surface area contributed by atoms with Crippen LogP contribution in [0, 0.1) is 5.92 Å². The van der Waals surface area contributed by atoms with Crippen molar-refractivity contribution < 1.29 is 4.74 Å². The summed E-state index contributed by atoms with van der Waals surface area (Å²) < 4.78 is 5.69. The van der Waals surface area contributed by atoms with Gasteiger partial charge >= 0.3 is 0 Å². The molecule has 1 saturated heterocycles. The predicted molar refractivity (Wildman–Crippen MR) is 63.0 cm³/mol. The molecule has 1 aliphatic heterocycles. The molecule has 2 aromatic rings. The average Bonchev–Trinajstić information content (AvgIpc) is 2.82. The molecule has 1 fully saturated rings. The van der Waals surface area contributed by atoms with Crippen molar-refractivity contribution in [1.29, 1.82) is 0 Å². The van der Waals surface area contributed by atoms with Crippen molar-refractivity contribution in [3.63, 3.8) is 0 Å². The van der Waals surface area contributed by atoms with E-state index in [-0.39, 0.29) is 6.10 Å². The highest BCUT2D eigenvalue weighted by Crippen LogP contribution is 2.33. The number of anilines is 1. The highest BCUT2D eigenvalue weighted by molar-refractivity contribution is 5.78. The monoisotopic (exact) mass is 217 g/mol. The molecule has 0 amide bonds. The van der Waals surface area contributed by atoms with E-state index in [0.29, 0.717) is 5.92 Å². The number of hydrogen-bond donors (Lipinski definition) is 2. The first-order valence-electron chi connectivity index (χ1n) is 5.61. The van der Waals surface area contributed by atoms with Gasteiger partial charge in [-0.1, -0.05) is 6.92 Å². The fourth-order valence-corrected chi connectivity index (χ4v) is 2.23. The number of aromatic amines is 1. The summed E-state index contributed by atoms with van der Waals surface area (Å²) in [5.74, 6) is 1.45. The SMILES string of the molecule is CC1CCOC1c1nc2ccc(N)cc2[nH]1. The molecule has 1 aromatic heterocycles. The van der Waals surface area contributed by atoms with Crippen molar-refractivity contribution in [1.82, 2.24) is 9.97 Å². The van der Waals surface area contributed by atoms with Crippen molar-refractivity contribution in [3.05, 3.63) is 24.0 Å². The second-order valence-corrected chi connectivity index (χ2v) is 4.46. The summed E-state index contributed by atoms with van der Waals surface area (Å²) in [6.07, 6.45) is 1.21. The molecule has 2 atom stereocenters. The van der Waals surface area contributed by atoms with E-state index in [2.05, 4.69) is 16.9 Å². The molecule has 4 heteroatoms. The first kappa shape index (κ1) is 9.66. The molecule has 2 unspecified atom stereocenters. The Labute approximate surface area is 93.8 Å². The quantitative estimate of drug-likeness (QED) is 0.720. The number of nitrogens with one attached hydrogen (secondary N) is 1. The average molecular weight is 217 g/mol. The van der Waals surface area contributed by atoms with Crippen molar-refractivity contribution in [3.8, 4) is 0 Å². The summed E-state index contributed by atoms with van der Waals surface area (Å²) >= 11 is 0. The number of benzene rings is 1. The maximum absolute atomic E-state index is 5.73. The van der Waals surface area contributed by atoms with E-state index >= 15 is 0 Å². The smallest absolute Gasteiger partial charge is 0.136 e. The molecule has 0 saturated carbocycles. The van der Waals surface area contributed by atoms with Crippen LogP contribution in [-0.2, 0) is 4.74 Å². The highest BCUT2D eigenvalue weighted by atomic mass is 16.5. The van der Waals surface area contributed by atoms with Gasteiger partial charge in [0.2, 0.25) is 0 Å². The van der Waals surface area contributed by atoms with Gasteiger partial charge in [0.1, 0.15) is 11.9 Å². The predicted octanol–water partition coefficient (Wildman–Crippen LogP) is 2.24.